The predicted molar refractivity (Wildman–Crippen MR) is 75.1 cm³/mol. The normalized spacial score (nSPS) is 19.1. The van der Waals surface area contributed by atoms with Crippen molar-refractivity contribution < 1.29 is 19.1 Å². The standard InChI is InChI=1S/C15H18N2O4/c1-15(2)14(20)16-11(18)9-17(15)13(19)12(21-3)10-7-5-4-6-8-10/h4-8,12H,9H2,1-3H3,(H,16,18,20). The molecule has 1 aromatic carbocycles. The topological polar surface area (TPSA) is 75.7 Å². The van der Waals surface area contributed by atoms with E-state index in [1.54, 1.807) is 38.1 Å². The monoisotopic (exact) mass is 290 g/mol. The molecular formula is C15H18N2O4. The van der Waals surface area contributed by atoms with E-state index in [9.17, 15) is 14.4 Å². The lowest BCUT2D eigenvalue weighted by atomic mass is 9.96. The van der Waals surface area contributed by atoms with Crippen molar-refractivity contribution in [1.29, 1.82) is 0 Å². The van der Waals surface area contributed by atoms with E-state index in [4.69, 9.17) is 4.74 Å². The van der Waals surface area contributed by atoms with E-state index in [0.29, 0.717) is 5.56 Å². The smallest absolute Gasteiger partial charge is 0.257 e. The number of imide groups is 1. The zero-order chi connectivity index (χ0) is 15.6. The molecule has 0 radical (unpaired) electrons. The second-order valence-electron chi connectivity index (χ2n) is 5.39. The maximum Gasteiger partial charge on any atom is 0.257 e. The lowest BCUT2D eigenvalue weighted by Crippen LogP contribution is -2.66. The summed E-state index contributed by atoms with van der Waals surface area (Å²) in [5, 5.41) is 2.24. The Kier molecular flexibility index (Phi) is 4.09. The number of benzene rings is 1. The molecule has 1 fully saturated rings. The van der Waals surface area contributed by atoms with E-state index in [2.05, 4.69) is 5.32 Å². The molecule has 1 atom stereocenters. The molecule has 3 amide bonds. The lowest BCUT2D eigenvalue weighted by molar-refractivity contribution is -0.161. The molecule has 21 heavy (non-hydrogen) atoms. The van der Waals surface area contributed by atoms with Crippen molar-refractivity contribution >= 4 is 17.7 Å². The summed E-state index contributed by atoms with van der Waals surface area (Å²) < 4.78 is 5.28. The van der Waals surface area contributed by atoms with E-state index in [0.717, 1.165) is 0 Å². The Morgan fingerprint density at radius 1 is 1.29 bits per heavy atom. The van der Waals surface area contributed by atoms with Gasteiger partial charge in [0.2, 0.25) is 5.91 Å². The number of piperazine rings is 1. The van der Waals surface area contributed by atoms with Gasteiger partial charge in [-0.05, 0) is 19.4 Å². The number of amides is 3. The van der Waals surface area contributed by atoms with Crippen LogP contribution in [0.5, 0.6) is 0 Å². The van der Waals surface area contributed by atoms with Crippen molar-refractivity contribution in [2.45, 2.75) is 25.5 Å². The van der Waals surface area contributed by atoms with Gasteiger partial charge in [-0.15, -0.1) is 0 Å². The van der Waals surface area contributed by atoms with Crippen molar-refractivity contribution in [3.05, 3.63) is 35.9 Å². The molecule has 2 rings (SSSR count). The van der Waals surface area contributed by atoms with Gasteiger partial charge in [-0.25, -0.2) is 0 Å². The number of hydrogen-bond donors (Lipinski definition) is 1. The first-order valence-corrected chi connectivity index (χ1v) is 6.61. The summed E-state index contributed by atoms with van der Waals surface area (Å²) in [4.78, 5) is 37.4. The van der Waals surface area contributed by atoms with Crippen LogP contribution in [0, 0.1) is 0 Å². The van der Waals surface area contributed by atoms with Crippen LogP contribution in [-0.4, -0.2) is 41.8 Å². The Balaban J connectivity index is 2.32. The Bertz CT molecular complexity index is 568. The lowest BCUT2D eigenvalue weighted by Gasteiger charge is -2.41. The number of nitrogens with zero attached hydrogens (tertiary/aromatic N) is 1. The third kappa shape index (κ3) is 2.80. The molecule has 1 saturated heterocycles. The number of rotatable bonds is 3. The zero-order valence-electron chi connectivity index (χ0n) is 12.3. The molecule has 1 aliphatic rings. The van der Waals surface area contributed by atoms with Crippen LogP contribution in [0.2, 0.25) is 0 Å². The Morgan fingerprint density at radius 3 is 2.48 bits per heavy atom. The number of methoxy groups -OCH3 is 1. The van der Waals surface area contributed by atoms with E-state index in [1.807, 2.05) is 6.07 Å². The predicted octanol–water partition coefficient (Wildman–Crippen LogP) is 0.638. The molecule has 1 aliphatic heterocycles. The molecule has 0 spiro atoms. The number of nitrogens with one attached hydrogen (secondary N) is 1. The summed E-state index contributed by atoms with van der Waals surface area (Å²) in [5.74, 6) is -1.39. The van der Waals surface area contributed by atoms with Crippen LogP contribution in [0.3, 0.4) is 0 Å². The summed E-state index contributed by atoms with van der Waals surface area (Å²) in [5.41, 5.74) is -0.421. The first-order valence-electron chi connectivity index (χ1n) is 6.61. The minimum Gasteiger partial charge on any atom is -0.367 e. The molecule has 0 aromatic heterocycles. The average Bonchev–Trinajstić information content (AvgIpc) is 2.45. The molecule has 1 aromatic rings. The second kappa shape index (κ2) is 5.65. The van der Waals surface area contributed by atoms with Gasteiger partial charge in [-0.3, -0.25) is 19.7 Å². The fourth-order valence-electron chi connectivity index (χ4n) is 2.29. The molecule has 1 N–H and O–H groups in total. The number of hydrogen-bond acceptors (Lipinski definition) is 4. The van der Waals surface area contributed by atoms with Crippen molar-refractivity contribution in [3.8, 4) is 0 Å². The number of carbonyl (C=O) groups excluding carboxylic acids is 3. The molecular weight excluding hydrogens is 272 g/mol. The van der Waals surface area contributed by atoms with Gasteiger partial charge < -0.3 is 9.64 Å². The van der Waals surface area contributed by atoms with Gasteiger partial charge in [-0.2, -0.15) is 0 Å². The summed E-state index contributed by atoms with van der Waals surface area (Å²) in [7, 11) is 1.43. The molecule has 0 aliphatic carbocycles. The highest BCUT2D eigenvalue weighted by Crippen LogP contribution is 2.26. The van der Waals surface area contributed by atoms with Crippen molar-refractivity contribution in [1.82, 2.24) is 10.2 Å². The van der Waals surface area contributed by atoms with Crippen LogP contribution in [0.15, 0.2) is 30.3 Å². The van der Waals surface area contributed by atoms with Crippen LogP contribution in [0.1, 0.15) is 25.5 Å². The Hall–Kier alpha value is -2.21. The minimum absolute atomic E-state index is 0.162. The van der Waals surface area contributed by atoms with E-state index in [-0.39, 0.29) is 6.54 Å². The third-order valence-corrected chi connectivity index (χ3v) is 3.61. The van der Waals surface area contributed by atoms with E-state index >= 15 is 0 Å². The summed E-state index contributed by atoms with van der Waals surface area (Å²) in [6.45, 7) is 3.04. The largest absolute Gasteiger partial charge is 0.367 e. The maximum atomic E-state index is 12.7. The van der Waals surface area contributed by atoms with Crippen molar-refractivity contribution in [2.24, 2.45) is 0 Å². The molecule has 112 valence electrons. The van der Waals surface area contributed by atoms with Gasteiger partial charge in [0.25, 0.3) is 11.8 Å². The number of carbonyl (C=O) groups is 3. The molecule has 6 heteroatoms. The van der Waals surface area contributed by atoms with E-state index < -0.39 is 29.4 Å². The first-order chi connectivity index (χ1) is 9.87. The van der Waals surface area contributed by atoms with Crippen LogP contribution in [0.25, 0.3) is 0 Å². The van der Waals surface area contributed by atoms with Gasteiger partial charge in [0.05, 0.1) is 0 Å². The van der Waals surface area contributed by atoms with Gasteiger partial charge in [0.1, 0.15) is 12.1 Å². The molecule has 0 saturated carbocycles. The quantitative estimate of drug-likeness (QED) is 0.829. The SMILES string of the molecule is COC(C(=O)N1CC(=O)NC(=O)C1(C)C)c1ccccc1. The summed E-state index contributed by atoms with van der Waals surface area (Å²) >= 11 is 0. The van der Waals surface area contributed by atoms with Crippen LogP contribution < -0.4 is 5.32 Å². The Morgan fingerprint density at radius 2 is 1.90 bits per heavy atom. The van der Waals surface area contributed by atoms with Crippen LogP contribution in [-0.2, 0) is 19.1 Å². The summed E-state index contributed by atoms with van der Waals surface area (Å²) in [6, 6.07) is 8.97. The van der Waals surface area contributed by atoms with Gasteiger partial charge >= 0.3 is 0 Å². The van der Waals surface area contributed by atoms with Gasteiger partial charge in [0.15, 0.2) is 6.10 Å². The zero-order valence-corrected chi connectivity index (χ0v) is 12.3. The first kappa shape index (κ1) is 15.2. The molecule has 6 nitrogen and oxygen atoms in total. The average molecular weight is 290 g/mol. The highest BCUT2D eigenvalue weighted by Gasteiger charge is 2.45. The fourth-order valence-corrected chi connectivity index (χ4v) is 2.29. The highest BCUT2D eigenvalue weighted by atomic mass is 16.5. The number of ether oxygens (including phenoxy) is 1. The van der Waals surface area contributed by atoms with Crippen molar-refractivity contribution in [2.75, 3.05) is 13.7 Å². The molecule has 0 bridgehead atoms. The van der Waals surface area contributed by atoms with Gasteiger partial charge in [-0.1, -0.05) is 30.3 Å². The second-order valence-corrected chi connectivity index (χ2v) is 5.39. The maximum absolute atomic E-state index is 12.7. The summed E-state index contributed by atoms with van der Waals surface area (Å²) in [6.07, 6.45) is -0.843. The van der Waals surface area contributed by atoms with Gasteiger partial charge in [0, 0.05) is 7.11 Å². The molecule has 1 heterocycles. The van der Waals surface area contributed by atoms with E-state index in [1.165, 1.54) is 12.0 Å². The minimum atomic E-state index is -1.10. The molecule has 1 unspecified atom stereocenters. The van der Waals surface area contributed by atoms with Crippen molar-refractivity contribution in [3.63, 3.8) is 0 Å². The fraction of sp³-hybridized carbons (Fsp3) is 0.400. The highest BCUT2D eigenvalue weighted by molar-refractivity contribution is 6.06. The van der Waals surface area contributed by atoms with Crippen LogP contribution >= 0.6 is 0 Å². The Labute approximate surface area is 123 Å². The third-order valence-electron chi connectivity index (χ3n) is 3.61. The van der Waals surface area contributed by atoms with Crippen LogP contribution in [0.4, 0.5) is 0 Å².